The predicted molar refractivity (Wildman–Crippen MR) is 71.4 cm³/mol. The summed E-state index contributed by atoms with van der Waals surface area (Å²) in [5, 5.41) is 9.83. The topological polar surface area (TPSA) is 54.7 Å². The first-order valence-electron chi connectivity index (χ1n) is 6.69. The number of aromatic nitrogens is 1. The van der Waals surface area contributed by atoms with Crippen molar-refractivity contribution < 1.29 is 14.6 Å². The summed E-state index contributed by atoms with van der Waals surface area (Å²) in [4.78, 5) is 13.7. The lowest BCUT2D eigenvalue weighted by atomic mass is 9.91. The van der Waals surface area contributed by atoms with Gasteiger partial charge in [0.25, 0.3) is 0 Å². The van der Waals surface area contributed by atoms with Crippen molar-refractivity contribution in [3.05, 3.63) is 24.0 Å². The lowest BCUT2D eigenvalue weighted by Gasteiger charge is -2.33. The molecule has 1 saturated heterocycles. The normalized spacial score (nSPS) is 19.3. The molecule has 1 aliphatic heterocycles. The van der Waals surface area contributed by atoms with Crippen molar-refractivity contribution in [1.29, 1.82) is 0 Å². The van der Waals surface area contributed by atoms with Crippen molar-refractivity contribution >= 4 is 5.97 Å². The SMILES string of the molecule is COC(=O)C(O)C1CCN(Cc2ccn(C)c2)CC1. The molecule has 1 atom stereocenters. The van der Waals surface area contributed by atoms with E-state index in [4.69, 9.17) is 0 Å². The highest BCUT2D eigenvalue weighted by molar-refractivity contribution is 5.74. The smallest absolute Gasteiger partial charge is 0.334 e. The first-order valence-corrected chi connectivity index (χ1v) is 6.69. The summed E-state index contributed by atoms with van der Waals surface area (Å²) in [6.07, 6.45) is 4.87. The molecule has 0 saturated carbocycles. The van der Waals surface area contributed by atoms with E-state index in [1.54, 1.807) is 0 Å². The Morgan fingerprint density at radius 1 is 1.53 bits per heavy atom. The maximum absolute atomic E-state index is 11.3. The van der Waals surface area contributed by atoms with Gasteiger partial charge in [0.15, 0.2) is 6.10 Å². The van der Waals surface area contributed by atoms with Gasteiger partial charge in [0.2, 0.25) is 0 Å². The Morgan fingerprint density at radius 3 is 2.74 bits per heavy atom. The molecule has 5 heteroatoms. The number of methoxy groups -OCH3 is 1. The molecule has 0 spiro atoms. The molecule has 1 aromatic heterocycles. The van der Waals surface area contributed by atoms with E-state index in [0.717, 1.165) is 32.5 Å². The fraction of sp³-hybridized carbons (Fsp3) is 0.643. The maximum Gasteiger partial charge on any atom is 0.334 e. The van der Waals surface area contributed by atoms with Crippen molar-refractivity contribution in [2.75, 3.05) is 20.2 Å². The van der Waals surface area contributed by atoms with Crippen LogP contribution in [0.1, 0.15) is 18.4 Å². The van der Waals surface area contributed by atoms with Gasteiger partial charge in [0, 0.05) is 26.0 Å². The molecule has 2 rings (SSSR count). The van der Waals surface area contributed by atoms with Gasteiger partial charge in [-0.25, -0.2) is 4.79 Å². The Hall–Kier alpha value is -1.33. The fourth-order valence-electron chi connectivity index (χ4n) is 2.65. The predicted octanol–water partition coefficient (Wildman–Crippen LogP) is 0.771. The van der Waals surface area contributed by atoms with Crippen LogP contribution in [0.4, 0.5) is 0 Å². The second-order valence-electron chi connectivity index (χ2n) is 5.27. The van der Waals surface area contributed by atoms with Crippen molar-refractivity contribution in [2.45, 2.75) is 25.5 Å². The van der Waals surface area contributed by atoms with E-state index in [1.807, 2.05) is 17.8 Å². The van der Waals surface area contributed by atoms with Crippen LogP contribution in [0.3, 0.4) is 0 Å². The largest absolute Gasteiger partial charge is 0.467 e. The number of aliphatic hydroxyl groups is 1. The summed E-state index contributed by atoms with van der Waals surface area (Å²) in [5.41, 5.74) is 1.30. The number of hydrogen-bond donors (Lipinski definition) is 1. The van der Waals surface area contributed by atoms with Crippen molar-refractivity contribution in [1.82, 2.24) is 9.47 Å². The van der Waals surface area contributed by atoms with Gasteiger partial charge in [-0.05, 0) is 43.5 Å². The molecular weight excluding hydrogens is 244 g/mol. The highest BCUT2D eigenvalue weighted by Gasteiger charge is 2.30. The number of likely N-dealkylation sites (tertiary alicyclic amines) is 1. The van der Waals surface area contributed by atoms with Crippen LogP contribution in [0.25, 0.3) is 0 Å². The van der Waals surface area contributed by atoms with Gasteiger partial charge < -0.3 is 14.4 Å². The summed E-state index contributed by atoms with van der Waals surface area (Å²) in [6, 6.07) is 2.12. The molecule has 1 N–H and O–H groups in total. The lowest BCUT2D eigenvalue weighted by Crippen LogP contribution is -2.40. The molecule has 2 heterocycles. The number of esters is 1. The number of nitrogens with zero attached hydrogens (tertiary/aromatic N) is 2. The first kappa shape index (κ1) is 14.1. The molecule has 1 unspecified atom stereocenters. The number of aliphatic hydroxyl groups excluding tert-OH is 1. The van der Waals surface area contributed by atoms with E-state index in [0.29, 0.717) is 0 Å². The molecule has 0 aliphatic carbocycles. The third-order valence-corrected chi connectivity index (χ3v) is 3.82. The minimum absolute atomic E-state index is 0.0273. The van der Waals surface area contributed by atoms with Crippen LogP contribution in [0.5, 0.6) is 0 Å². The van der Waals surface area contributed by atoms with Gasteiger partial charge in [0.1, 0.15) is 0 Å². The molecule has 0 aromatic carbocycles. The fourth-order valence-corrected chi connectivity index (χ4v) is 2.65. The zero-order valence-electron chi connectivity index (χ0n) is 11.6. The van der Waals surface area contributed by atoms with E-state index in [9.17, 15) is 9.90 Å². The molecule has 106 valence electrons. The highest BCUT2D eigenvalue weighted by Crippen LogP contribution is 2.22. The third kappa shape index (κ3) is 3.58. The van der Waals surface area contributed by atoms with Crippen LogP contribution in [0, 0.1) is 5.92 Å². The van der Waals surface area contributed by atoms with Crippen LogP contribution in [0.15, 0.2) is 18.5 Å². The molecule has 0 bridgehead atoms. The summed E-state index contributed by atoms with van der Waals surface area (Å²) in [6.45, 7) is 2.75. The Balaban J connectivity index is 1.80. The average molecular weight is 266 g/mol. The van der Waals surface area contributed by atoms with Gasteiger partial charge in [-0.15, -0.1) is 0 Å². The van der Waals surface area contributed by atoms with Gasteiger partial charge >= 0.3 is 5.97 Å². The number of ether oxygens (including phenoxy) is 1. The standard InChI is InChI=1S/C14H22N2O3/c1-15-6-3-11(9-15)10-16-7-4-12(5-8-16)13(17)14(18)19-2/h3,6,9,12-13,17H,4-5,7-8,10H2,1-2H3. The quantitative estimate of drug-likeness (QED) is 0.818. The Bertz CT molecular complexity index is 422. The summed E-state index contributed by atoms with van der Waals surface area (Å²) in [5.74, 6) is -0.485. The third-order valence-electron chi connectivity index (χ3n) is 3.82. The number of carbonyl (C=O) groups excluding carboxylic acids is 1. The van der Waals surface area contributed by atoms with E-state index < -0.39 is 12.1 Å². The van der Waals surface area contributed by atoms with Crippen LogP contribution >= 0.6 is 0 Å². The first-order chi connectivity index (χ1) is 9.10. The summed E-state index contributed by atoms with van der Waals surface area (Å²) in [7, 11) is 3.33. The van der Waals surface area contributed by atoms with Gasteiger partial charge in [0.05, 0.1) is 7.11 Å². The molecule has 1 aliphatic rings. The molecule has 1 aromatic rings. The van der Waals surface area contributed by atoms with Crippen LogP contribution < -0.4 is 0 Å². The number of piperidine rings is 1. The van der Waals surface area contributed by atoms with Crippen molar-refractivity contribution in [3.63, 3.8) is 0 Å². The molecule has 19 heavy (non-hydrogen) atoms. The summed E-state index contributed by atoms with van der Waals surface area (Å²) < 4.78 is 6.63. The number of hydrogen-bond acceptors (Lipinski definition) is 4. The van der Waals surface area contributed by atoms with Gasteiger partial charge in [-0.3, -0.25) is 4.90 Å². The molecule has 0 amide bonds. The Labute approximate surface area is 113 Å². The molecule has 1 fully saturated rings. The average Bonchev–Trinajstić information content (AvgIpc) is 2.83. The van der Waals surface area contributed by atoms with E-state index in [-0.39, 0.29) is 5.92 Å². The number of carbonyl (C=O) groups is 1. The highest BCUT2D eigenvalue weighted by atomic mass is 16.5. The molecular formula is C14H22N2O3. The van der Waals surface area contributed by atoms with Crippen LogP contribution in [-0.4, -0.2) is 46.8 Å². The van der Waals surface area contributed by atoms with E-state index in [2.05, 4.69) is 21.9 Å². The van der Waals surface area contributed by atoms with Crippen LogP contribution in [0.2, 0.25) is 0 Å². The van der Waals surface area contributed by atoms with E-state index in [1.165, 1.54) is 12.7 Å². The number of rotatable bonds is 4. The van der Waals surface area contributed by atoms with Crippen molar-refractivity contribution in [3.8, 4) is 0 Å². The van der Waals surface area contributed by atoms with E-state index >= 15 is 0 Å². The molecule has 5 nitrogen and oxygen atoms in total. The second kappa shape index (κ2) is 6.21. The zero-order valence-corrected chi connectivity index (χ0v) is 11.6. The monoisotopic (exact) mass is 266 g/mol. The maximum atomic E-state index is 11.3. The zero-order chi connectivity index (χ0) is 13.8. The Morgan fingerprint density at radius 2 is 2.21 bits per heavy atom. The van der Waals surface area contributed by atoms with Gasteiger partial charge in [-0.1, -0.05) is 0 Å². The second-order valence-corrected chi connectivity index (χ2v) is 5.27. The minimum atomic E-state index is -0.969. The minimum Gasteiger partial charge on any atom is -0.467 e. The number of aryl methyl sites for hydroxylation is 1. The van der Waals surface area contributed by atoms with Crippen LogP contribution in [-0.2, 0) is 23.1 Å². The van der Waals surface area contributed by atoms with Gasteiger partial charge in [-0.2, -0.15) is 0 Å². The Kier molecular flexibility index (Phi) is 4.61. The molecule has 0 radical (unpaired) electrons. The summed E-state index contributed by atoms with van der Waals surface area (Å²) >= 11 is 0. The lowest BCUT2D eigenvalue weighted by molar-refractivity contribution is -0.154. The van der Waals surface area contributed by atoms with Crippen molar-refractivity contribution in [2.24, 2.45) is 13.0 Å².